The van der Waals surface area contributed by atoms with Gasteiger partial charge in [0.1, 0.15) is 0 Å². The molecule has 17 heavy (non-hydrogen) atoms. The topological polar surface area (TPSA) is 47.1 Å². The van der Waals surface area contributed by atoms with Crippen LogP contribution >= 0.6 is 12.2 Å². The van der Waals surface area contributed by atoms with Crippen molar-refractivity contribution in [3.8, 4) is 0 Å². The number of thiocarbonyl (C=S) groups is 1. The van der Waals surface area contributed by atoms with Gasteiger partial charge in [0.15, 0.2) is 0 Å². The average Bonchev–Trinajstić information content (AvgIpc) is 2.51. The molecule has 0 atom stereocenters. The van der Waals surface area contributed by atoms with E-state index >= 15 is 0 Å². The highest BCUT2D eigenvalue weighted by Crippen LogP contribution is 2.09. The smallest absolute Gasteiger partial charge is 0.0740 e. The normalized spacial score (nSPS) is 11.4. The molecular formula is C12H22N4S. The minimum atomic E-state index is 0.472. The predicted octanol–water partition coefficient (Wildman–Crippen LogP) is 1.62. The van der Waals surface area contributed by atoms with Crippen LogP contribution in [-0.2, 0) is 13.6 Å². The molecule has 1 rings (SSSR count). The zero-order valence-electron chi connectivity index (χ0n) is 11.1. The van der Waals surface area contributed by atoms with Crippen LogP contribution in [0, 0.1) is 6.92 Å². The summed E-state index contributed by atoms with van der Waals surface area (Å²) in [7, 11) is 1.98. The average molecular weight is 254 g/mol. The molecule has 0 aliphatic rings. The van der Waals surface area contributed by atoms with Crippen molar-refractivity contribution < 1.29 is 0 Å². The Bertz CT molecular complexity index is 384. The number of hydrogen-bond acceptors (Lipinski definition) is 3. The molecule has 1 heterocycles. The zero-order valence-corrected chi connectivity index (χ0v) is 11.9. The molecule has 0 aliphatic heterocycles. The van der Waals surface area contributed by atoms with Crippen molar-refractivity contribution in [1.29, 1.82) is 0 Å². The van der Waals surface area contributed by atoms with E-state index in [2.05, 4.69) is 29.9 Å². The molecule has 0 saturated heterocycles. The van der Waals surface area contributed by atoms with Crippen LogP contribution in [-0.4, -0.2) is 32.3 Å². The van der Waals surface area contributed by atoms with Crippen molar-refractivity contribution in [2.24, 2.45) is 12.8 Å². The lowest BCUT2D eigenvalue weighted by molar-refractivity contribution is 0.214. The first-order valence-electron chi connectivity index (χ1n) is 5.92. The predicted molar refractivity (Wildman–Crippen MR) is 74.9 cm³/mol. The van der Waals surface area contributed by atoms with E-state index in [1.165, 1.54) is 5.69 Å². The number of nitrogens with zero attached hydrogens (tertiary/aromatic N) is 3. The SMILES string of the molecule is Cc1cc(CN(CCC(N)=S)C(C)C)n(C)n1. The molecule has 0 bridgehead atoms. The van der Waals surface area contributed by atoms with Crippen LogP contribution in [0.25, 0.3) is 0 Å². The van der Waals surface area contributed by atoms with Gasteiger partial charge in [0.05, 0.1) is 16.4 Å². The van der Waals surface area contributed by atoms with Crippen LogP contribution < -0.4 is 5.73 Å². The molecule has 4 nitrogen and oxygen atoms in total. The molecule has 0 unspecified atom stereocenters. The van der Waals surface area contributed by atoms with Crippen LogP contribution in [0.15, 0.2) is 6.07 Å². The third kappa shape index (κ3) is 4.44. The summed E-state index contributed by atoms with van der Waals surface area (Å²) in [6.07, 6.45) is 0.768. The second-order valence-electron chi connectivity index (χ2n) is 4.68. The van der Waals surface area contributed by atoms with Gasteiger partial charge in [0.2, 0.25) is 0 Å². The van der Waals surface area contributed by atoms with E-state index in [0.29, 0.717) is 11.0 Å². The molecule has 0 amide bonds. The third-order valence-electron chi connectivity index (χ3n) is 2.84. The lowest BCUT2D eigenvalue weighted by Gasteiger charge is -2.26. The molecule has 0 saturated carbocycles. The first-order valence-corrected chi connectivity index (χ1v) is 6.33. The number of nitrogens with two attached hydrogens (primary N) is 1. The van der Waals surface area contributed by atoms with Crippen molar-refractivity contribution in [3.05, 3.63) is 17.5 Å². The van der Waals surface area contributed by atoms with E-state index in [4.69, 9.17) is 18.0 Å². The van der Waals surface area contributed by atoms with Gasteiger partial charge in [0.25, 0.3) is 0 Å². The second-order valence-corrected chi connectivity index (χ2v) is 5.21. The minimum Gasteiger partial charge on any atom is -0.393 e. The van der Waals surface area contributed by atoms with Crippen molar-refractivity contribution in [2.45, 2.75) is 39.8 Å². The fraction of sp³-hybridized carbons (Fsp3) is 0.667. The lowest BCUT2D eigenvalue weighted by atomic mass is 10.2. The summed E-state index contributed by atoms with van der Waals surface area (Å²) < 4.78 is 1.94. The maximum Gasteiger partial charge on any atom is 0.0740 e. The van der Waals surface area contributed by atoms with Crippen molar-refractivity contribution in [2.75, 3.05) is 6.54 Å². The quantitative estimate of drug-likeness (QED) is 0.784. The summed E-state index contributed by atoms with van der Waals surface area (Å²) in [6, 6.07) is 2.59. The Kier molecular flexibility index (Phi) is 5.08. The number of rotatable bonds is 6. The van der Waals surface area contributed by atoms with E-state index < -0.39 is 0 Å². The minimum absolute atomic E-state index is 0.472. The van der Waals surface area contributed by atoms with Crippen LogP contribution in [0.4, 0.5) is 0 Å². The van der Waals surface area contributed by atoms with Gasteiger partial charge in [-0.05, 0) is 26.8 Å². The molecular weight excluding hydrogens is 232 g/mol. The van der Waals surface area contributed by atoms with Gasteiger partial charge in [-0.1, -0.05) is 12.2 Å². The molecule has 0 aromatic carbocycles. The van der Waals surface area contributed by atoms with E-state index in [9.17, 15) is 0 Å². The Morgan fingerprint density at radius 1 is 1.59 bits per heavy atom. The van der Waals surface area contributed by atoms with Crippen LogP contribution in [0.1, 0.15) is 31.7 Å². The number of aryl methyl sites for hydroxylation is 2. The van der Waals surface area contributed by atoms with Crippen LogP contribution in [0.5, 0.6) is 0 Å². The number of hydrogen-bond donors (Lipinski definition) is 1. The lowest BCUT2D eigenvalue weighted by Crippen LogP contribution is -2.33. The van der Waals surface area contributed by atoms with Gasteiger partial charge < -0.3 is 5.73 Å². The van der Waals surface area contributed by atoms with Gasteiger partial charge in [-0.25, -0.2) is 0 Å². The Balaban J connectivity index is 2.66. The monoisotopic (exact) mass is 254 g/mol. The highest BCUT2D eigenvalue weighted by Gasteiger charge is 2.13. The third-order valence-corrected chi connectivity index (χ3v) is 3.04. The van der Waals surface area contributed by atoms with Gasteiger partial charge >= 0.3 is 0 Å². The Morgan fingerprint density at radius 3 is 2.65 bits per heavy atom. The van der Waals surface area contributed by atoms with E-state index in [1.54, 1.807) is 0 Å². The fourth-order valence-electron chi connectivity index (χ4n) is 1.79. The zero-order chi connectivity index (χ0) is 13.0. The van der Waals surface area contributed by atoms with Crippen LogP contribution in [0.3, 0.4) is 0 Å². The molecule has 0 radical (unpaired) electrons. The summed E-state index contributed by atoms with van der Waals surface area (Å²) in [5.74, 6) is 0. The summed E-state index contributed by atoms with van der Waals surface area (Å²) in [4.78, 5) is 2.94. The summed E-state index contributed by atoms with van der Waals surface area (Å²) >= 11 is 4.93. The molecule has 1 aromatic heterocycles. The summed E-state index contributed by atoms with van der Waals surface area (Å²) in [5.41, 5.74) is 7.83. The molecule has 0 fully saturated rings. The highest BCUT2D eigenvalue weighted by atomic mass is 32.1. The highest BCUT2D eigenvalue weighted by molar-refractivity contribution is 7.80. The molecule has 2 N–H and O–H groups in total. The largest absolute Gasteiger partial charge is 0.393 e. The summed E-state index contributed by atoms with van der Waals surface area (Å²) in [6.45, 7) is 8.17. The fourth-order valence-corrected chi connectivity index (χ4v) is 1.89. The van der Waals surface area contributed by atoms with Crippen molar-refractivity contribution in [1.82, 2.24) is 14.7 Å². The van der Waals surface area contributed by atoms with Crippen molar-refractivity contribution in [3.63, 3.8) is 0 Å². The molecule has 1 aromatic rings. The maximum atomic E-state index is 5.56. The second kappa shape index (κ2) is 6.12. The maximum absolute atomic E-state index is 5.56. The molecule has 0 aliphatic carbocycles. The molecule has 0 spiro atoms. The van der Waals surface area contributed by atoms with Crippen LogP contribution in [0.2, 0.25) is 0 Å². The van der Waals surface area contributed by atoms with Gasteiger partial charge in [-0.3, -0.25) is 9.58 Å². The number of aromatic nitrogens is 2. The van der Waals surface area contributed by atoms with E-state index in [0.717, 1.165) is 25.2 Å². The summed E-state index contributed by atoms with van der Waals surface area (Å²) in [5, 5.41) is 4.36. The molecule has 5 heteroatoms. The Hall–Kier alpha value is -0.940. The van der Waals surface area contributed by atoms with Gasteiger partial charge in [-0.15, -0.1) is 0 Å². The van der Waals surface area contributed by atoms with Gasteiger partial charge in [-0.2, -0.15) is 5.10 Å². The van der Waals surface area contributed by atoms with E-state index in [-0.39, 0.29) is 0 Å². The van der Waals surface area contributed by atoms with E-state index in [1.807, 2.05) is 18.7 Å². The first kappa shape index (κ1) is 14.1. The Morgan fingerprint density at radius 2 is 2.24 bits per heavy atom. The standard InChI is InChI=1S/C12H22N4S/c1-9(2)16(6-5-12(13)17)8-11-7-10(3)14-15(11)4/h7,9H,5-6,8H2,1-4H3,(H2,13,17). The molecule has 96 valence electrons. The first-order chi connectivity index (χ1) is 7.90. The van der Waals surface area contributed by atoms with Gasteiger partial charge in [0, 0.05) is 32.6 Å². The Labute approximate surface area is 109 Å². The van der Waals surface area contributed by atoms with Crippen molar-refractivity contribution >= 4 is 17.2 Å².